The average molecular weight is 340 g/mol. The van der Waals surface area contributed by atoms with Crippen LogP contribution in [0.2, 0.25) is 0 Å². The maximum absolute atomic E-state index is 13.4. The molecule has 4 nitrogen and oxygen atoms in total. The maximum Gasteiger partial charge on any atom is 0.287 e. The van der Waals surface area contributed by atoms with E-state index >= 15 is 0 Å². The molecule has 1 heterocycles. The maximum atomic E-state index is 13.4. The number of nitrogens with zero attached hydrogens (tertiary/aromatic N) is 1. The van der Waals surface area contributed by atoms with Crippen LogP contribution in [0.25, 0.3) is 11.0 Å². The van der Waals surface area contributed by atoms with Gasteiger partial charge in [-0.3, -0.25) is 4.79 Å². The van der Waals surface area contributed by atoms with E-state index < -0.39 is 0 Å². The van der Waals surface area contributed by atoms with Crippen LogP contribution in [-0.2, 0) is 13.1 Å². The zero-order valence-corrected chi connectivity index (χ0v) is 14.6. The van der Waals surface area contributed by atoms with Crippen LogP contribution in [0, 0.1) is 12.7 Å². The molecule has 0 unspecified atom stereocenters. The van der Waals surface area contributed by atoms with Crippen molar-refractivity contribution < 1.29 is 13.6 Å². The number of rotatable bonds is 5. The van der Waals surface area contributed by atoms with Gasteiger partial charge >= 0.3 is 0 Å². The molecule has 0 aliphatic heterocycles. The summed E-state index contributed by atoms with van der Waals surface area (Å²) in [4.78, 5) is 14.6. The molecule has 2 aromatic carbocycles. The average Bonchev–Trinajstić information content (AvgIpc) is 2.90. The van der Waals surface area contributed by atoms with Gasteiger partial charge in [-0.25, -0.2) is 4.39 Å². The molecule has 0 bridgehead atoms. The number of furan rings is 1. The number of carbonyl (C=O) groups is 1. The number of amides is 1. The molecule has 130 valence electrons. The molecule has 0 radical (unpaired) electrons. The van der Waals surface area contributed by atoms with Crippen LogP contribution in [0.15, 0.2) is 46.9 Å². The van der Waals surface area contributed by atoms with Gasteiger partial charge < -0.3 is 14.6 Å². The van der Waals surface area contributed by atoms with Gasteiger partial charge in [-0.15, -0.1) is 0 Å². The summed E-state index contributed by atoms with van der Waals surface area (Å²) in [6, 6.07) is 12.2. The number of fused-ring (bicyclic) bond motifs is 1. The Balaban J connectivity index is 1.79. The quantitative estimate of drug-likeness (QED) is 0.767. The second-order valence-corrected chi connectivity index (χ2v) is 6.39. The molecule has 1 aromatic heterocycles. The number of halogens is 1. The lowest BCUT2D eigenvalue weighted by Crippen LogP contribution is -2.24. The Morgan fingerprint density at radius 2 is 1.88 bits per heavy atom. The molecule has 0 saturated carbocycles. The minimum absolute atomic E-state index is 0.227. The van der Waals surface area contributed by atoms with Crippen LogP contribution in [0.3, 0.4) is 0 Å². The lowest BCUT2D eigenvalue weighted by atomic mass is 10.1. The normalized spacial score (nSPS) is 11.2. The Bertz CT molecular complexity index is 915. The second kappa shape index (κ2) is 7.07. The Hall–Kier alpha value is -2.66. The first-order valence-electron chi connectivity index (χ1n) is 8.14. The zero-order chi connectivity index (χ0) is 18.0. The predicted octanol–water partition coefficient (Wildman–Crippen LogP) is 3.87. The van der Waals surface area contributed by atoms with Gasteiger partial charge in [0.1, 0.15) is 11.4 Å². The molecule has 0 spiro atoms. The first-order chi connectivity index (χ1) is 12.0. The molecule has 3 rings (SSSR count). The Labute approximate surface area is 146 Å². The summed E-state index contributed by atoms with van der Waals surface area (Å²) in [6.45, 7) is 2.98. The topological polar surface area (TPSA) is 45.5 Å². The minimum Gasteiger partial charge on any atom is -0.451 e. The highest BCUT2D eigenvalue weighted by atomic mass is 19.1. The molecule has 0 aliphatic rings. The lowest BCUT2D eigenvalue weighted by molar-refractivity contribution is 0.0924. The molecular formula is C20H21FN2O2. The summed E-state index contributed by atoms with van der Waals surface area (Å²) < 4.78 is 19.0. The van der Waals surface area contributed by atoms with Gasteiger partial charge in [0.2, 0.25) is 0 Å². The van der Waals surface area contributed by atoms with Gasteiger partial charge in [-0.1, -0.05) is 24.3 Å². The lowest BCUT2D eigenvalue weighted by Gasteiger charge is -2.14. The number of hydrogen-bond acceptors (Lipinski definition) is 3. The van der Waals surface area contributed by atoms with E-state index in [0.29, 0.717) is 23.1 Å². The Kier molecular flexibility index (Phi) is 4.86. The molecule has 1 amide bonds. The van der Waals surface area contributed by atoms with Crippen molar-refractivity contribution in [2.45, 2.75) is 20.0 Å². The van der Waals surface area contributed by atoms with Gasteiger partial charge in [0.15, 0.2) is 5.76 Å². The summed E-state index contributed by atoms with van der Waals surface area (Å²) in [6.07, 6.45) is 0. The van der Waals surface area contributed by atoms with Crippen molar-refractivity contribution in [2.75, 3.05) is 14.1 Å². The third kappa shape index (κ3) is 3.72. The summed E-state index contributed by atoms with van der Waals surface area (Å²) in [5.74, 6) is -0.416. The summed E-state index contributed by atoms with van der Waals surface area (Å²) in [5.41, 5.74) is 3.38. The summed E-state index contributed by atoms with van der Waals surface area (Å²) in [7, 11) is 4.01. The highest BCUT2D eigenvalue weighted by Gasteiger charge is 2.18. The summed E-state index contributed by atoms with van der Waals surface area (Å²) >= 11 is 0. The summed E-state index contributed by atoms with van der Waals surface area (Å²) in [5, 5.41) is 3.52. The molecule has 0 atom stereocenters. The molecular weight excluding hydrogens is 319 g/mol. The van der Waals surface area contributed by atoms with Crippen LogP contribution < -0.4 is 5.32 Å². The van der Waals surface area contributed by atoms with Gasteiger partial charge in [-0.2, -0.15) is 0 Å². The van der Waals surface area contributed by atoms with Crippen molar-refractivity contribution in [1.29, 1.82) is 0 Å². The number of hydrogen-bond donors (Lipinski definition) is 1. The van der Waals surface area contributed by atoms with Crippen molar-refractivity contribution in [3.8, 4) is 0 Å². The van der Waals surface area contributed by atoms with Gasteiger partial charge in [0, 0.05) is 24.0 Å². The van der Waals surface area contributed by atoms with E-state index in [4.69, 9.17) is 4.42 Å². The Morgan fingerprint density at radius 3 is 2.60 bits per heavy atom. The number of aryl methyl sites for hydroxylation is 1. The van der Waals surface area contributed by atoms with E-state index in [1.165, 1.54) is 12.1 Å². The van der Waals surface area contributed by atoms with Crippen molar-refractivity contribution in [2.24, 2.45) is 0 Å². The standard InChI is InChI=1S/C20H21FN2O2/c1-13-17-10-16(21)8-9-18(17)25-19(13)20(24)22-11-14-6-4-5-7-15(14)12-23(2)3/h4-10H,11-12H2,1-3H3,(H,22,24). The van der Waals surface area contributed by atoms with E-state index in [1.54, 1.807) is 13.0 Å². The molecule has 25 heavy (non-hydrogen) atoms. The number of carbonyl (C=O) groups excluding carboxylic acids is 1. The van der Waals surface area contributed by atoms with Crippen LogP contribution >= 0.6 is 0 Å². The third-order valence-electron chi connectivity index (χ3n) is 4.15. The fourth-order valence-electron chi connectivity index (χ4n) is 2.89. The fraction of sp³-hybridized carbons (Fsp3) is 0.250. The SMILES string of the molecule is Cc1c(C(=O)NCc2ccccc2CN(C)C)oc2ccc(F)cc12. The highest BCUT2D eigenvalue weighted by Crippen LogP contribution is 2.26. The largest absolute Gasteiger partial charge is 0.451 e. The van der Waals surface area contributed by atoms with E-state index in [9.17, 15) is 9.18 Å². The van der Waals surface area contributed by atoms with Gasteiger partial charge in [0.25, 0.3) is 5.91 Å². The van der Waals surface area contributed by atoms with Crippen molar-refractivity contribution in [3.05, 3.63) is 70.7 Å². The van der Waals surface area contributed by atoms with Crippen LogP contribution in [0.1, 0.15) is 27.2 Å². The minimum atomic E-state index is -0.346. The third-order valence-corrected chi connectivity index (χ3v) is 4.15. The molecule has 0 saturated heterocycles. The van der Waals surface area contributed by atoms with Crippen LogP contribution in [0.4, 0.5) is 4.39 Å². The van der Waals surface area contributed by atoms with Crippen LogP contribution in [0.5, 0.6) is 0 Å². The molecule has 3 aromatic rings. The monoisotopic (exact) mass is 340 g/mol. The number of nitrogens with one attached hydrogen (secondary N) is 1. The first-order valence-corrected chi connectivity index (χ1v) is 8.14. The van der Waals surface area contributed by atoms with E-state index in [-0.39, 0.29) is 17.5 Å². The van der Waals surface area contributed by atoms with Crippen molar-refractivity contribution >= 4 is 16.9 Å². The van der Waals surface area contributed by atoms with E-state index in [2.05, 4.69) is 16.3 Å². The molecule has 5 heteroatoms. The van der Waals surface area contributed by atoms with E-state index in [0.717, 1.165) is 17.7 Å². The molecule has 1 N–H and O–H groups in total. The number of benzene rings is 2. The smallest absolute Gasteiger partial charge is 0.287 e. The second-order valence-electron chi connectivity index (χ2n) is 6.39. The highest BCUT2D eigenvalue weighted by molar-refractivity contribution is 5.98. The first kappa shape index (κ1) is 17.2. The molecule has 0 fully saturated rings. The van der Waals surface area contributed by atoms with Crippen molar-refractivity contribution in [1.82, 2.24) is 10.2 Å². The van der Waals surface area contributed by atoms with E-state index in [1.807, 2.05) is 32.3 Å². The predicted molar refractivity (Wildman–Crippen MR) is 95.9 cm³/mol. The van der Waals surface area contributed by atoms with Crippen LogP contribution in [-0.4, -0.2) is 24.9 Å². The fourth-order valence-corrected chi connectivity index (χ4v) is 2.89. The van der Waals surface area contributed by atoms with Gasteiger partial charge in [0.05, 0.1) is 0 Å². The molecule has 0 aliphatic carbocycles. The zero-order valence-electron chi connectivity index (χ0n) is 14.6. The van der Waals surface area contributed by atoms with Gasteiger partial charge in [-0.05, 0) is 50.3 Å². The Morgan fingerprint density at radius 1 is 1.16 bits per heavy atom. The van der Waals surface area contributed by atoms with Crippen molar-refractivity contribution in [3.63, 3.8) is 0 Å².